The van der Waals surface area contributed by atoms with Crippen LogP contribution in [0.1, 0.15) is 41.0 Å². The van der Waals surface area contributed by atoms with Gasteiger partial charge in [-0.2, -0.15) is 5.10 Å². The number of likely N-dealkylation sites (N-methyl/N-ethyl adjacent to an activating group) is 1. The summed E-state index contributed by atoms with van der Waals surface area (Å²) in [7, 11) is 1.98. The van der Waals surface area contributed by atoms with E-state index in [0.717, 1.165) is 43.5 Å². The molecule has 6 heteroatoms. The fourth-order valence-electron chi connectivity index (χ4n) is 3.32. The van der Waals surface area contributed by atoms with Gasteiger partial charge in [0.25, 0.3) is 5.91 Å². The van der Waals surface area contributed by atoms with Crippen LogP contribution in [-0.4, -0.2) is 58.4 Å². The van der Waals surface area contributed by atoms with E-state index in [1.165, 1.54) is 6.42 Å². The highest BCUT2D eigenvalue weighted by atomic mass is 16.3. The van der Waals surface area contributed by atoms with Crippen LogP contribution in [0.2, 0.25) is 0 Å². The zero-order valence-electron chi connectivity index (χ0n) is 11.9. The van der Waals surface area contributed by atoms with Gasteiger partial charge < -0.3 is 10.4 Å². The van der Waals surface area contributed by atoms with Crippen molar-refractivity contribution in [2.45, 2.75) is 44.2 Å². The first kappa shape index (κ1) is 13.6. The van der Waals surface area contributed by atoms with Crippen molar-refractivity contribution in [2.75, 3.05) is 20.2 Å². The number of hydrogen-bond donors (Lipinski definition) is 3. The maximum absolute atomic E-state index is 12.4. The first-order valence-corrected chi connectivity index (χ1v) is 7.37. The minimum absolute atomic E-state index is 0.0820. The molecule has 1 aromatic rings. The number of hydrogen-bond acceptors (Lipinski definition) is 4. The van der Waals surface area contributed by atoms with Crippen molar-refractivity contribution in [3.63, 3.8) is 0 Å². The normalized spacial score (nSPS) is 26.5. The summed E-state index contributed by atoms with van der Waals surface area (Å²) >= 11 is 0. The predicted octanol–water partition coefficient (Wildman–Crippen LogP) is 0.0833. The molecule has 20 heavy (non-hydrogen) atoms. The molecule has 0 radical (unpaired) electrons. The second-order valence-corrected chi connectivity index (χ2v) is 5.92. The summed E-state index contributed by atoms with van der Waals surface area (Å²) in [5, 5.41) is 19.5. The number of aromatic nitrogens is 2. The first-order valence-electron chi connectivity index (χ1n) is 7.37. The van der Waals surface area contributed by atoms with Gasteiger partial charge in [-0.1, -0.05) is 0 Å². The van der Waals surface area contributed by atoms with Gasteiger partial charge in [-0.3, -0.25) is 14.8 Å². The first-order chi connectivity index (χ1) is 9.69. The molecule has 3 N–H and O–H groups in total. The highest BCUT2D eigenvalue weighted by Crippen LogP contribution is 2.22. The quantitative estimate of drug-likeness (QED) is 0.731. The SMILES string of the molecule is CN1C[C@H](NC(=O)c2n[nH]c3c2CCCC3)C[C@H]1CO. The summed E-state index contributed by atoms with van der Waals surface area (Å²) in [4.78, 5) is 14.4. The van der Waals surface area contributed by atoms with Gasteiger partial charge in [0.15, 0.2) is 5.69 Å². The second kappa shape index (κ2) is 5.54. The lowest BCUT2D eigenvalue weighted by atomic mass is 9.95. The average molecular weight is 278 g/mol. The van der Waals surface area contributed by atoms with E-state index in [2.05, 4.69) is 20.4 Å². The Bertz CT molecular complexity index is 499. The minimum atomic E-state index is -0.0820. The third kappa shape index (κ3) is 2.45. The van der Waals surface area contributed by atoms with Gasteiger partial charge in [-0.15, -0.1) is 0 Å². The van der Waals surface area contributed by atoms with Crippen LogP contribution in [0.25, 0.3) is 0 Å². The number of likely N-dealkylation sites (tertiary alicyclic amines) is 1. The molecule has 1 aliphatic heterocycles. The summed E-state index contributed by atoms with van der Waals surface area (Å²) in [6, 6.07) is 0.244. The minimum Gasteiger partial charge on any atom is -0.395 e. The Balaban J connectivity index is 1.67. The highest BCUT2D eigenvalue weighted by Gasteiger charge is 2.31. The summed E-state index contributed by atoms with van der Waals surface area (Å²) in [6.07, 6.45) is 5.03. The van der Waals surface area contributed by atoms with Gasteiger partial charge in [0.05, 0.1) is 6.61 Å². The topological polar surface area (TPSA) is 81.2 Å². The summed E-state index contributed by atoms with van der Waals surface area (Å²) < 4.78 is 0. The Morgan fingerprint density at radius 2 is 2.30 bits per heavy atom. The molecule has 6 nitrogen and oxygen atoms in total. The number of aryl methyl sites for hydroxylation is 1. The monoisotopic (exact) mass is 278 g/mol. The number of carbonyl (C=O) groups is 1. The van der Waals surface area contributed by atoms with E-state index in [1.54, 1.807) is 0 Å². The van der Waals surface area contributed by atoms with Crippen LogP contribution in [0.15, 0.2) is 0 Å². The number of rotatable bonds is 3. The Morgan fingerprint density at radius 3 is 3.05 bits per heavy atom. The van der Waals surface area contributed by atoms with E-state index in [1.807, 2.05) is 7.05 Å². The Hall–Kier alpha value is -1.40. The van der Waals surface area contributed by atoms with Crippen LogP contribution < -0.4 is 5.32 Å². The number of aromatic amines is 1. The van der Waals surface area contributed by atoms with Gasteiger partial charge in [-0.05, 0) is 39.2 Å². The van der Waals surface area contributed by atoms with E-state index >= 15 is 0 Å². The Labute approximate surface area is 118 Å². The maximum Gasteiger partial charge on any atom is 0.272 e. The molecular weight excluding hydrogens is 256 g/mol. The zero-order chi connectivity index (χ0) is 14.1. The maximum atomic E-state index is 12.4. The molecule has 1 aromatic heterocycles. The molecule has 0 spiro atoms. The lowest BCUT2D eigenvalue weighted by Gasteiger charge is -2.15. The highest BCUT2D eigenvalue weighted by molar-refractivity contribution is 5.94. The van der Waals surface area contributed by atoms with Crippen LogP contribution in [0.4, 0.5) is 0 Å². The molecule has 110 valence electrons. The van der Waals surface area contributed by atoms with Crippen molar-refractivity contribution in [2.24, 2.45) is 0 Å². The molecule has 1 aliphatic carbocycles. The number of H-pyrrole nitrogens is 1. The van der Waals surface area contributed by atoms with Gasteiger partial charge >= 0.3 is 0 Å². The Kier molecular flexibility index (Phi) is 3.76. The van der Waals surface area contributed by atoms with Gasteiger partial charge in [-0.25, -0.2) is 0 Å². The van der Waals surface area contributed by atoms with Crippen LogP contribution >= 0.6 is 0 Å². The van der Waals surface area contributed by atoms with E-state index in [9.17, 15) is 9.90 Å². The number of aliphatic hydroxyl groups is 1. The van der Waals surface area contributed by atoms with Crippen molar-refractivity contribution in [3.05, 3.63) is 17.0 Å². The van der Waals surface area contributed by atoms with Crippen molar-refractivity contribution in [3.8, 4) is 0 Å². The molecule has 0 bridgehead atoms. The molecule has 0 aromatic carbocycles. The number of nitrogens with one attached hydrogen (secondary N) is 2. The molecule has 2 aliphatic rings. The third-order valence-electron chi connectivity index (χ3n) is 4.51. The molecule has 2 heterocycles. The fourth-order valence-corrected chi connectivity index (χ4v) is 3.32. The molecule has 0 unspecified atom stereocenters. The van der Waals surface area contributed by atoms with E-state index in [0.29, 0.717) is 5.69 Å². The molecule has 1 saturated heterocycles. The third-order valence-corrected chi connectivity index (χ3v) is 4.51. The molecule has 1 amide bonds. The molecular formula is C14H22N4O2. The number of fused-ring (bicyclic) bond motifs is 1. The van der Waals surface area contributed by atoms with Crippen LogP contribution in [0.5, 0.6) is 0 Å². The summed E-state index contributed by atoms with van der Waals surface area (Å²) in [5.74, 6) is -0.0820. The lowest BCUT2D eigenvalue weighted by Crippen LogP contribution is -2.37. The van der Waals surface area contributed by atoms with Crippen LogP contribution in [0, 0.1) is 0 Å². The van der Waals surface area contributed by atoms with E-state index in [-0.39, 0.29) is 24.6 Å². The lowest BCUT2D eigenvalue weighted by molar-refractivity contribution is 0.0932. The molecule has 2 atom stereocenters. The fraction of sp³-hybridized carbons (Fsp3) is 0.714. The van der Waals surface area contributed by atoms with Crippen LogP contribution in [0.3, 0.4) is 0 Å². The van der Waals surface area contributed by atoms with Gasteiger partial charge in [0.1, 0.15) is 0 Å². The molecule has 3 rings (SSSR count). The van der Waals surface area contributed by atoms with Gasteiger partial charge in [0.2, 0.25) is 0 Å². The summed E-state index contributed by atoms with van der Waals surface area (Å²) in [6.45, 7) is 0.921. The second-order valence-electron chi connectivity index (χ2n) is 5.92. The number of nitrogens with zero attached hydrogens (tertiary/aromatic N) is 2. The van der Waals surface area contributed by atoms with Crippen LogP contribution in [-0.2, 0) is 12.8 Å². The van der Waals surface area contributed by atoms with E-state index < -0.39 is 0 Å². The summed E-state index contributed by atoms with van der Waals surface area (Å²) in [5.41, 5.74) is 2.78. The van der Waals surface area contributed by atoms with Crippen molar-refractivity contribution in [1.29, 1.82) is 0 Å². The zero-order valence-corrected chi connectivity index (χ0v) is 11.9. The van der Waals surface area contributed by atoms with E-state index in [4.69, 9.17) is 0 Å². The van der Waals surface area contributed by atoms with Crippen molar-refractivity contribution >= 4 is 5.91 Å². The van der Waals surface area contributed by atoms with Crippen molar-refractivity contribution < 1.29 is 9.90 Å². The molecule has 0 saturated carbocycles. The smallest absolute Gasteiger partial charge is 0.272 e. The number of aliphatic hydroxyl groups excluding tert-OH is 1. The Morgan fingerprint density at radius 1 is 1.50 bits per heavy atom. The largest absolute Gasteiger partial charge is 0.395 e. The number of amides is 1. The molecule has 1 fully saturated rings. The van der Waals surface area contributed by atoms with Gasteiger partial charge in [0, 0.05) is 29.9 Å². The number of carbonyl (C=O) groups excluding carboxylic acids is 1. The standard InChI is InChI=1S/C14H22N4O2/c1-18-7-9(6-10(18)8-19)15-14(20)13-11-4-2-3-5-12(11)16-17-13/h9-10,19H,2-8H2,1H3,(H,15,20)(H,16,17)/t9-,10+/m1/s1. The van der Waals surface area contributed by atoms with Crippen molar-refractivity contribution in [1.82, 2.24) is 20.4 Å². The predicted molar refractivity (Wildman–Crippen MR) is 74.6 cm³/mol. The average Bonchev–Trinajstić information content (AvgIpc) is 3.02.